The Morgan fingerprint density at radius 3 is 1.73 bits per heavy atom. The number of nitrogens with one attached hydrogen (secondary N) is 8. The van der Waals surface area contributed by atoms with Crippen LogP contribution >= 0.6 is 0 Å². The average Bonchev–Trinajstić information content (AvgIpc) is 3.87. The molecule has 0 bridgehead atoms. The van der Waals surface area contributed by atoms with Crippen molar-refractivity contribution < 1.29 is 63.3 Å². The van der Waals surface area contributed by atoms with Gasteiger partial charge in [0.1, 0.15) is 42.0 Å². The van der Waals surface area contributed by atoms with Crippen molar-refractivity contribution in [2.45, 2.75) is 113 Å². The van der Waals surface area contributed by atoms with Crippen LogP contribution in [0.25, 0.3) is 10.9 Å². The van der Waals surface area contributed by atoms with Crippen LogP contribution in [-0.4, -0.2) is 128 Å². The third-order valence-corrected chi connectivity index (χ3v) is 12.8. The molecule has 0 saturated carbocycles. The van der Waals surface area contributed by atoms with Crippen LogP contribution in [0.1, 0.15) is 74.1 Å². The number of carboxylic acids is 2. The molecule has 1 aromatic heterocycles. The number of unbranched alkanes of at least 4 members (excludes halogenated alkanes) is 1. The number of phenols is 1. The van der Waals surface area contributed by atoms with Gasteiger partial charge in [0.25, 0.3) is 0 Å². The number of nitrogens with two attached hydrogens (primary N) is 2. The number of rotatable bonds is 30. The largest absolute Gasteiger partial charge is 0.508 e. The molecule has 5 rings (SSSR count). The van der Waals surface area contributed by atoms with Crippen molar-refractivity contribution in [3.8, 4) is 5.75 Å². The number of aromatic hydroxyl groups is 1. The summed E-state index contributed by atoms with van der Waals surface area (Å²) in [6.45, 7) is 2.72. The van der Waals surface area contributed by atoms with Crippen molar-refractivity contribution in [1.82, 2.24) is 42.2 Å². The van der Waals surface area contributed by atoms with E-state index in [1.54, 1.807) is 98.0 Å². The monoisotopic (exact) mass is 1070 g/mol. The standard InChI is InChI=1S/C55H66N10O13/c1-3-4-18-40(51(74)64-44(28-47(70)71)53(76)62-41(49(57)72)24-32-13-7-5-8-14-32)61-52(75)43(26-35-29-58-39-19-12-11-17-37(35)39)60-45(67)30-59-55(78)48(31(2)34-15-9-6-10-16-34)65-54(77)42(25-33-20-22-36(66)23-21-33)63-50(73)38(56)27-46(68)69/h5-17,19-23,29,31,38,40-44,48,58,66H,3-4,18,24-28,30,56H2,1-2H3,(H2,57,72)(H,59,78)(H,60,67)(H,61,75)(H,62,76)(H,63,73)(H,64,74)(H,65,77)(H,68,69)(H,70,71)/t31-,38-,40-,41-,42-,43-,44-,48-/m0/s1. The molecule has 23 heteroatoms. The number of aromatic nitrogens is 1. The fourth-order valence-electron chi connectivity index (χ4n) is 8.46. The second-order valence-corrected chi connectivity index (χ2v) is 18.7. The summed E-state index contributed by atoms with van der Waals surface area (Å²) in [6, 6.07) is 19.9. The maximum absolute atomic E-state index is 14.5. The number of hydrogen-bond acceptors (Lipinski definition) is 12. The van der Waals surface area contributed by atoms with Crippen molar-refractivity contribution in [1.29, 1.82) is 0 Å². The number of H-pyrrole nitrogens is 1. The van der Waals surface area contributed by atoms with Crippen LogP contribution in [0.5, 0.6) is 5.75 Å². The molecule has 23 nitrogen and oxygen atoms in total. The number of carboxylic acid groups (broad SMARTS) is 2. The number of phenolic OH excluding ortho intramolecular Hbond substituents is 1. The molecule has 8 amide bonds. The Balaban J connectivity index is 1.37. The zero-order chi connectivity index (χ0) is 56.9. The Bertz CT molecular complexity index is 2900. The van der Waals surface area contributed by atoms with E-state index in [2.05, 4.69) is 42.2 Å². The number of fused-ring (bicyclic) bond motifs is 1. The van der Waals surface area contributed by atoms with E-state index in [0.717, 1.165) is 0 Å². The van der Waals surface area contributed by atoms with Crippen LogP contribution in [0.15, 0.2) is 115 Å². The number of carbonyl (C=O) groups is 10. The third-order valence-electron chi connectivity index (χ3n) is 12.8. The van der Waals surface area contributed by atoms with Gasteiger partial charge in [-0.25, -0.2) is 0 Å². The molecule has 0 saturated heterocycles. The number of aromatic amines is 1. The molecule has 0 spiro atoms. The Morgan fingerprint density at radius 1 is 0.564 bits per heavy atom. The van der Waals surface area contributed by atoms with E-state index >= 15 is 0 Å². The quantitative estimate of drug-likeness (QED) is 0.0301. The van der Waals surface area contributed by atoms with Crippen molar-refractivity contribution in [2.24, 2.45) is 11.5 Å². The number of para-hydroxylation sites is 1. The van der Waals surface area contributed by atoms with Gasteiger partial charge < -0.3 is 69.0 Å². The highest BCUT2D eigenvalue weighted by Crippen LogP contribution is 2.22. The Morgan fingerprint density at radius 2 is 1.09 bits per heavy atom. The molecule has 414 valence electrons. The summed E-state index contributed by atoms with van der Waals surface area (Å²) in [5, 5.41) is 47.4. The number of hydrogen-bond donors (Lipinski definition) is 13. The molecule has 4 aromatic carbocycles. The smallest absolute Gasteiger partial charge is 0.305 e. The zero-order valence-electron chi connectivity index (χ0n) is 43.0. The van der Waals surface area contributed by atoms with E-state index in [4.69, 9.17) is 11.5 Å². The summed E-state index contributed by atoms with van der Waals surface area (Å²) in [6.07, 6.45) is 0.576. The summed E-state index contributed by atoms with van der Waals surface area (Å²) in [4.78, 5) is 136. The lowest BCUT2D eigenvalue weighted by molar-refractivity contribution is -0.141. The predicted molar refractivity (Wildman–Crippen MR) is 285 cm³/mol. The molecule has 0 unspecified atom stereocenters. The molecule has 0 radical (unpaired) electrons. The highest BCUT2D eigenvalue weighted by molar-refractivity contribution is 5.98. The molecule has 0 aliphatic heterocycles. The molecule has 5 aromatic rings. The Kier molecular flexibility index (Phi) is 22.4. The zero-order valence-corrected chi connectivity index (χ0v) is 43.0. The lowest BCUT2D eigenvalue weighted by Gasteiger charge is -2.28. The van der Waals surface area contributed by atoms with E-state index < -0.39 is 127 Å². The first-order valence-electron chi connectivity index (χ1n) is 25.2. The maximum atomic E-state index is 14.5. The van der Waals surface area contributed by atoms with Crippen molar-refractivity contribution >= 4 is 70.1 Å². The predicted octanol–water partition coefficient (Wildman–Crippen LogP) is 0.682. The van der Waals surface area contributed by atoms with Crippen LogP contribution < -0.4 is 48.7 Å². The third kappa shape index (κ3) is 18.3. The Hall–Kier alpha value is -9.12. The molecule has 0 aliphatic carbocycles. The van der Waals surface area contributed by atoms with Gasteiger partial charge in [-0.15, -0.1) is 0 Å². The van der Waals surface area contributed by atoms with Gasteiger partial charge in [-0.3, -0.25) is 47.9 Å². The topological polar surface area (TPSA) is 383 Å². The first-order valence-corrected chi connectivity index (χ1v) is 25.2. The first kappa shape index (κ1) is 59.8. The van der Waals surface area contributed by atoms with Gasteiger partial charge in [0.2, 0.25) is 47.3 Å². The van der Waals surface area contributed by atoms with Crippen LogP contribution in [0, 0.1) is 0 Å². The lowest BCUT2D eigenvalue weighted by atomic mass is 9.92. The highest BCUT2D eigenvalue weighted by Gasteiger charge is 2.35. The molecule has 78 heavy (non-hydrogen) atoms. The molecule has 8 atom stereocenters. The molecule has 15 N–H and O–H groups in total. The minimum absolute atomic E-state index is 0.0124. The van der Waals surface area contributed by atoms with E-state index in [1.807, 2.05) is 6.92 Å². The van der Waals surface area contributed by atoms with Gasteiger partial charge in [0, 0.05) is 42.3 Å². The number of primary amides is 1. The average molecular weight is 1080 g/mol. The van der Waals surface area contributed by atoms with E-state index in [1.165, 1.54) is 24.3 Å². The molecular formula is C55H66N10O13. The SMILES string of the molecule is CCCC[C@H](NC(=O)[C@H](Cc1c[nH]c2ccccc12)NC(=O)CNC(=O)[C@@H](NC(=O)[C@H](Cc1ccc(O)cc1)NC(=O)[C@@H](N)CC(=O)O)[C@@H](C)c1ccccc1)C(=O)N[C@@H](CC(=O)O)C(=O)N[C@@H](Cc1ccccc1)C(N)=O. The summed E-state index contributed by atoms with van der Waals surface area (Å²) in [5.74, 6) is -11.0. The fraction of sp³-hybridized carbons (Fsp3) is 0.345. The number of aliphatic carboxylic acids is 2. The van der Waals surface area contributed by atoms with E-state index in [9.17, 15) is 63.3 Å². The fourth-order valence-corrected chi connectivity index (χ4v) is 8.46. The number of carbonyl (C=O) groups excluding carboxylic acids is 8. The van der Waals surface area contributed by atoms with Crippen LogP contribution in [-0.2, 0) is 67.2 Å². The molecule has 0 aliphatic rings. The summed E-state index contributed by atoms with van der Waals surface area (Å²) in [7, 11) is 0. The first-order chi connectivity index (χ1) is 37.2. The van der Waals surface area contributed by atoms with Crippen molar-refractivity contribution in [3.05, 3.63) is 138 Å². The van der Waals surface area contributed by atoms with Crippen LogP contribution in [0.4, 0.5) is 0 Å². The minimum atomic E-state index is -1.72. The summed E-state index contributed by atoms with van der Waals surface area (Å²) < 4.78 is 0. The van der Waals surface area contributed by atoms with Crippen molar-refractivity contribution in [2.75, 3.05) is 6.54 Å². The maximum Gasteiger partial charge on any atom is 0.305 e. The minimum Gasteiger partial charge on any atom is -0.508 e. The van der Waals surface area contributed by atoms with E-state index in [0.29, 0.717) is 46.0 Å². The summed E-state index contributed by atoms with van der Waals surface area (Å²) >= 11 is 0. The lowest BCUT2D eigenvalue weighted by Crippen LogP contribution is -2.59. The number of amides is 8. The molecule has 1 heterocycles. The Labute approximate surface area is 449 Å². The van der Waals surface area contributed by atoms with Gasteiger partial charge in [0.05, 0.1) is 25.4 Å². The summed E-state index contributed by atoms with van der Waals surface area (Å²) in [5.41, 5.74) is 14.4. The highest BCUT2D eigenvalue weighted by atomic mass is 16.4. The second-order valence-electron chi connectivity index (χ2n) is 18.7. The van der Waals surface area contributed by atoms with Crippen LogP contribution in [0.2, 0.25) is 0 Å². The van der Waals surface area contributed by atoms with Gasteiger partial charge in [-0.1, -0.05) is 118 Å². The molecular weight excluding hydrogens is 1010 g/mol. The normalized spacial score (nSPS) is 14.1. The van der Waals surface area contributed by atoms with Gasteiger partial charge in [-0.05, 0) is 46.9 Å². The van der Waals surface area contributed by atoms with Gasteiger partial charge in [-0.2, -0.15) is 0 Å². The second kappa shape index (κ2) is 29.3. The van der Waals surface area contributed by atoms with E-state index in [-0.39, 0.29) is 31.4 Å². The van der Waals surface area contributed by atoms with Gasteiger partial charge >= 0.3 is 11.9 Å². The van der Waals surface area contributed by atoms with Crippen LogP contribution in [0.3, 0.4) is 0 Å². The number of benzene rings is 4. The van der Waals surface area contributed by atoms with Gasteiger partial charge in [0.15, 0.2) is 0 Å². The molecule has 0 fully saturated rings. The van der Waals surface area contributed by atoms with Crippen molar-refractivity contribution in [3.63, 3.8) is 0 Å².